The average molecular weight is 598 g/mol. The fourth-order valence-electron chi connectivity index (χ4n) is 4.59. The summed E-state index contributed by atoms with van der Waals surface area (Å²) >= 11 is 3.16. The van der Waals surface area contributed by atoms with Crippen LogP contribution in [0.15, 0.2) is 72.9 Å². The Morgan fingerprint density at radius 1 is 1.00 bits per heavy atom. The van der Waals surface area contributed by atoms with Crippen LogP contribution in [0.25, 0.3) is 9.40 Å². The summed E-state index contributed by atoms with van der Waals surface area (Å²) in [6.07, 6.45) is 2.13. The number of esters is 1. The fraction of sp³-hybridized carbons (Fsp3) is 0.219. The number of aryl methyl sites for hydroxylation is 1. The molecule has 6 rings (SSSR count). The molecule has 0 bridgehead atoms. The normalized spacial score (nSPS) is 14.0. The summed E-state index contributed by atoms with van der Waals surface area (Å²) in [6.45, 7) is 1.82. The maximum atomic E-state index is 13.2. The quantitative estimate of drug-likeness (QED) is 0.123. The number of hydrogen-bond acceptors (Lipinski definition) is 8. The van der Waals surface area contributed by atoms with Gasteiger partial charge in [-0.25, -0.2) is 4.79 Å². The van der Waals surface area contributed by atoms with Crippen molar-refractivity contribution in [3.8, 4) is 23.3 Å². The smallest absolute Gasteiger partial charge is 0.413 e. The molecule has 0 saturated heterocycles. The van der Waals surface area contributed by atoms with Gasteiger partial charge in [0.05, 0.1) is 23.7 Å². The second-order valence-electron chi connectivity index (χ2n) is 9.94. The lowest BCUT2D eigenvalue weighted by Gasteiger charge is -2.14. The van der Waals surface area contributed by atoms with Crippen LogP contribution in [-0.4, -0.2) is 29.0 Å². The maximum absolute atomic E-state index is 13.2. The van der Waals surface area contributed by atoms with Crippen LogP contribution in [0.4, 0.5) is 10.6 Å². The third-order valence-corrected chi connectivity index (χ3v) is 9.54. The fourth-order valence-corrected chi connectivity index (χ4v) is 7.08. The predicted molar refractivity (Wildman–Crippen MR) is 163 cm³/mol. The van der Waals surface area contributed by atoms with Gasteiger partial charge in [-0.3, -0.25) is 14.8 Å². The van der Waals surface area contributed by atoms with E-state index < -0.39 is 17.6 Å². The average Bonchev–Trinajstić information content (AvgIpc) is 3.42. The highest BCUT2D eigenvalue weighted by Gasteiger charge is 2.54. The Balaban J connectivity index is 1.15. The molecule has 10 heteroatoms. The lowest BCUT2D eigenvalue weighted by Crippen LogP contribution is -2.25. The van der Waals surface area contributed by atoms with Gasteiger partial charge in [0.25, 0.3) is 0 Å². The van der Waals surface area contributed by atoms with E-state index in [0.717, 1.165) is 37.6 Å². The van der Waals surface area contributed by atoms with Crippen molar-refractivity contribution in [1.82, 2.24) is 9.78 Å². The molecular formula is C32H27N3O5S2. The molecule has 1 atom stereocenters. The number of aromatic nitrogens is 2. The van der Waals surface area contributed by atoms with Crippen LogP contribution in [-0.2, 0) is 22.0 Å². The number of methoxy groups -OCH3 is 1. The van der Waals surface area contributed by atoms with E-state index in [4.69, 9.17) is 14.2 Å². The van der Waals surface area contributed by atoms with E-state index in [1.807, 2.05) is 55.5 Å². The van der Waals surface area contributed by atoms with Gasteiger partial charge in [0, 0.05) is 21.3 Å². The second-order valence-corrected chi connectivity index (χ2v) is 12.1. The lowest BCUT2D eigenvalue weighted by atomic mass is 10.1. The SMILES string of the molecule is COc1ccccc1OC(=O)C1(c2cc3sc(C#Cc4cnn(C)c4NC(=O)OC(C)c4ccccc4)cc3s2)CC1. The highest BCUT2D eigenvalue weighted by molar-refractivity contribution is 7.28. The number of carbonyl (C=O) groups is 2. The lowest BCUT2D eigenvalue weighted by molar-refractivity contribution is -0.137. The van der Waals surface area contributed by atoms with E-state index in [-0.39, 0.29) is 5.97 Å². The summed E-state index contributed by atoms with van der Waals surface area (Å²) in [6, 6.07) is 20.8. The van der Waals surface area contributed by atoms with E-state index in [0.29, 0.717) is 22.9 Å². The molecule has 2 aromatic carbocycles. The first kappa shape index (κ1) is 27.6. The maximum Gasteiger partial charge on any atom is 0.413 e. The van der Waals surface area contributed by atoms with Crippen molar-refractivity contribution in [1.29, 1.82) is 0 Å². The molecule has 0 radical (unpaired) electrons. The molecule has 1 aliphatic carbocycles. The number of ether oxygens (including phenoxy) is 3. The number of benzene rings is 2. The van der Waals surface area contributed by atoms with Gasteiger partial charge in [-0.15, -0.1) is 22.7 Å². The van der Waals surface area contributed by atoms with Crippen LogP contribution >= 0.6 is 22.7 Å². The molecule has 1 N–H and O–H groups in total. The molecule has 5 aromatic rings. The summed E-state index contributed by atoms with van der Waals surface area (Å²) in [5.74, 6) is 7.48. The Morgan fingerprint density at radius 2 is 1.71 bits per heavy atom. The first-order valence-corrected chi connectivity index (χ1v) is 15.0. The van der Waals surface area contributed by atoms with Crippen LogP contribution < -0.4 is 14.8 Å². The van der Waals surface area contributed by atoms with Crippen molar-refractivity contribution in [3.05, 3.63) is 93.8 Å². The van der Waals surface area contributed by atoms with Crippen LogP contribution in [0.3, 0.4) is 0 Å². The predicted octanol–water partition coefficient (Wildman–Crippen LogP) is 7.05. The molecule has 1 saturated carbocycles. The molecule has 42 heavy (non-hydrogen) atoms. The number of nitrogens with zero attached hydrogens (tertiary/aromatic N) is 2. The number of thiophene rings is 2. The zero-order valence-electron chi connectivity index (χ0n) is 23.2. The van der Waals surface area contributed by atoms with Gasteiger partial charge >= 0.3 is 12.1 Å². The summed E-state index contributed by atoms with van der Waals surface area (Å²) in [7, 11) is 3.29. The third kappa shape index (κ3) is 5.49. The van der Waals surface area contributed by atoms with Gasteiger partial charge in [0.15, 0.2) is 11.5 Å². The Labute approximate surface area is 250 Å². The van der Waals surface area contributed by atoms with Crippen LogP contribution in [0, 0.1) is 11.8 Å². The highest BCUT2D eigenvalue weighted by Crippen LogP contribution is 2.53. The zero-order chi connectivity index (χ0) is 29.3. The summed E-state index contributed by atoms with van der Waals surface area (Å²) in [4.78, 5) is 27.7. The number of amides is 1. The van der Waals surface area contributed by atoms with Crippen molar-refractivity contribution >= 4 is 50.0 Å². The monoisotopic (exact) mass is 597 g/mol. The Hall–Kier alpha value is -4.59. The Kier molecular flexibility index (Phi) is 7.45. The van der Waals surface area contributed by atoms with Gasteiger partial charge in [0.2, 0.25) is 0 Å². The van der Waals surface area contributed by atoms with E-state index in [2.05, 4.69) is 28.3 Å². The molecular weight excluding hydrogens is 571 g/mol. The minimum absolute atomic E-state index is 0.255. The number of nitrogens with one attached hydrogen (secondary N) is 1. The van der Waals surface area contributed by atoms with Gasteiger partial charge in [-0.1, -0.05) is 54.3 Å². The van der Waals surface area contributed by atoms with E-state index in [1.54, 1.807) is 59.8 Å². The van der Waals surface area contributed by atoms with Crippen LogP contribution in [0.1, 0.15) is 46.8 Å². The molecule has 0 spiro atoms. The molecule has 1 aliphatic rings. The first-order valence-electron chi connectivity index (χ1n) is 13.3. The topological polar surface area (TPSA) is 91.7 Å². The van der Waals surface area contributed by atoms with Crippen LogP contribution in [0.5, 0.6) is 11.5 Å². The molecule has 1 amide bonds. The van der Waals surface area contributed by atoms with Gasteiger partial charge in [-0.05, 0) is 49.6 Å². The Morgan fingerprint density at radius 3 is 2.43 bits per heavy atom. The second kappa shape index (κ2) is 11.4. The van der Waals surface area contributed by atoms with Crippen LogP contribution in [0.2, 0.25) is 0 Å². The molecule has 8 nitrogen and oxygen atoms in total. The zero-order valence-corrected chi connectivity index (χ0v) is 24.8. The van der Waals surface area contributed by atoms with Crippen molar-refractivity contribution in [3.63, 3.8) is 0 Å². The largest absolute Gasteiger partial charge is 0.493 e. The van der Waals surface area contributed by atoms with Gasteiger partial charge < -0.3 is 14.2 Å². The number of fused-ring (bicyclic) bond motifs is 1. The van der Waals surface area contributed by atoms with Crippen molar-refractivity contribution in [2.75, 3.05) is 12.4 Å². The van der Waals surface area contributed by atoms with Gasteiger partial charge in [0.1, 0.15) is 17.3 Å². The number of hydrogen-bond donors (Lipinski definition) is 1. The van der Waals surface area contributed by atoms with Crippen molar-refractivity contribution in [2.45, 2.75) is 31.3 Å². The minimum Gasteiger partial charge on any atom is -0.493 e. The molecule has 3 heterocycles. The molecule has 1 unspecified atom stereocenters. The summed E-state index contributed by atoms with van der Waals surface area (Å²) in [5, 5.41) is 7.03. The molecule has 3 aromatic heterocycles. The summed E-state index contributed by atoms with van der Waals surface area (Å²) in [5.41, 5.74) is 0.869. The standard InChI is InChI=1S/C32H27N3O5S2/c1-20(21-9-5-4-6-10-21)39-31(37)34-29-22(19-33-35(29)2)13-14-23-17-26-27(41-23)18-28(42-26)32(15-16-32)30(36)40-25-12-8-7-11-24(25)38-3/h4-12,17-20H,15-16H2,1-3H3,(H,34,37). The van der Waals surface area contributed by atoms with Gasteiger partial charge in [-0.2, -0.15) is 5.10 Å². The molecule has 212 valence electrons. The van der Waals surface area contributed by atoms with E-state index in [9.17, 15) is 9.59 Å². The van der Waals surface area contributed by atoms with Crippen molar-refractivity contribution in [2.24, 2.45) is 7.05 Å². The number of rotatable bonds is 7. The number of para-hydroxylation sites is 2. The number of carbonyl (C=O) groups excluding carboxylic acids is 2. The highest BCUT2D eigenvalue weighted by atomic mass is 32.1. The Bertz CT molecular complexity index is 1810. The molecule has 1 fully saturated rings. The van der Waals surface area contributed by atoms with E-state index in [1.165, 1.54) is 0 Å². The summed E-state index contributed by atoms with van der Waals surface area (Å²) < 4.78 is 20.3. The third-order valence-electron chi connectivity index (χ3n) is 7.12. The van der Waals surface area contributed by atoms with E-state index >= 15 is 0 Å². The van der Waals surface area contributed by atoms with Crippen molar-refractivity contribution < 1.29 is 23.8 Å². The minimum atomic E-state index is -0.612. The molecule has 0 aliphatic heterocycles. The first-order chi connectivity index (χ1) is 20.4. The number of anilines is 1.